The molecule has 0 saturated heterocycles. The highest BCUT2D eigenvalue weighted by Gasteiger charge is 2.39. The van der Waals surface area contributed by atoms with Gasteiger partial charge < -0.3 is 4.74 Å². The lowest BCUT2D eigenvalue weighted by atomic mass is 10.0. The van der Waals surface area contributed by atoms with Crippen molar-refractivity contribution in [3.63, 3.8) is 0 Å². The van der Waals surface area contributed by atoms with Crippen molar-refractivity contribution in [2.24, 2.45) is 0 Å². The van der Waals surface area contributed by atoms with E-state index in [0.29, 0.717) is 31.8 Å². The van der Waals surface area contributed by atoms with E-state index in [1.54, 1.807) is 20.8 Å². The lowest BCUT2D eigenvalue weighted by Gasteiger charge is -2.31. The highest BCUT2D eigenvalue weighted by atomic mass is 32.1. The Morgan fingerprint density at radius 2 is 1.89 bits per heavy atom. The van der Waals surface area contributed by atoms with Crippen LogP contribution in [0.25, 0.3) is 15.2 Å². The molecule has 1 aromatic carbocycles. The zero-order valence-corrected chi connectivity index (χ0v) is 22.7. The van der Waals surface area contributed by atoms with Gasteiger partial charge in [-0.1, -0.05) is 11.3 Å². The first-order chi connectivity index (χ1) is 17.9. The number of rotatable bonds is 8. The molecule has 1 amide bonds. The number of hydrogen-bond donors (Lipinski definition) is 1. The fraction of sp³-hybridized carbons (Fsp3) is 0.400. The number of carbonyl (C=O) groups is 1. The molecule has 1 N–H and O–H groups in total. The second kappa shape index (κ2) is 10.1. The van der Waals surface area contributed by atoms with Gasteiger partial charge in [0.2, 0.25) is 0 Å². The second-order valence-electron chi connectivity index (χ2n) is 9.61. The van der Waals surface area contributed by atoms with E-state index >= 15 is 0 Å². The molecule has 202 valence electrons. The van der Waals surface area contributed by atoms with Gasteiger partial charge in [0.25, 0.3) is 11.5 Å². The average molecular weight is 545 g/mol. The first kappa shape index (κ1) is 27.2. The fourth-order valence-electron chi connectivity index (χ4n) is 4.32. The van der Waals surface area contributed by atoms with Crippen LogP contribution in [0, 0.1) is 12.7 Å². The van der Waals surface area contributed by atoms with Crippen molar-refractivity contribution < 1.29 is 19.1 Å². The molecule has 38 heavy (non-hydrogen) atoms. The standard InChI is InChI=1S/C25H29FN6O5S/c1-14(2)31(36)23(34)25(4,5)30-20(33)19-15(3)21(32-27-10-11-28-32)38-22(19)29(24(30)35)12-9-16-13-17(26)7-8-18(16)37-6/h7-8,10-11,13-14,36H,9,12H2,1-6H3. The Hall–Kier alpha value is -3.84. The molecule has 0 aliphatic heterocycles. The second-order valence-corrected chi connectivity index (χ2v) is 10.6. The largest absolute Gasteiger partial charge is 0.496 e. The van der Waals surface area contributed by atoms with Crippen molar-refractivity contribution in [3.05, 3.63) is 68.4 Å². The quantitative estimate of drug-likeness (QED) is 0.267. The smallest absolute Gasteiger partial charge is 0.333 e. The molecule has 0 aliphatic carbocycles. The monoisotopic (exact) mass is 544 g/mol. The topological polar surface area (TPSA) is 124 Å². The average Bonchev–Trinajstić information content (AvgIpc) is 3.51. The molecule has 3 aromatic heterocycles. The highest BCUT2D eigenvalue weighted by molar-refractivity contribution is 7.21. The van der Waals surface area contributed by atoms with Gasteiger partial charge >= 0.3 is 5.69 Å². The van der Waals surface area contributed by atoms with E-state index < -0.39 is 34.6 Å². The Labute approximate surface area is 221 Å². The van der Waals surface area contributed by atoms with E-state index in [2.05, 4.69) is 10.2 Å². The van der Waals surface area contributed by atoms with E-state index in [-0.39, 0.29) is 18.4 Å². The Bertz CT molecular complexity index is 1620. The SMILES string of the molecule is COc1ccc(F)cc1CCn1c(=O)n(C(C)(C)C(=O)N(O)C(C)C)c(=O)c2c(C)c(-n3nccn3)sc21. The summed E-state index contributed by atoms with van der Waals surface area (Å²) in [5.74, 6) is -0.812. The molecule has 0 unspecified atom stereocenters. The number of fused-ring (bicyclic) bond motifs is 1. The van der Waals surface area contributed by atoms with Crippen molar-refractivity contribution >= 4 is 27.5 Å². The number of ether oxygens (including phenoxy) is 1. The third-order valence-corrected chi connectivity index (χ3v) is 7.70. The van der Waals surface area contributed by atoms with Crippen LogP contribution < -0.4 is 16.0 Å². The number of nitrogens with zero attached hydrogens (tertiary/aromatic N) is 6. The summed E-state index contributed by atoms with van der Waals surface area (Å²) in [6, 6.07) is 3.53. The Balaban J connectivity index is 1.98. The van der Waals surface area contributed by atoms with Crippen LogP contribution in [0.3, 0.4) is 0 Å². The van der Waals surface area contributed by atoms with Crippen molar-refractivity contribution in [1.82, 2.24) is 29.2 Å². The van der Waals surface area contributed by atoms with Gasteiger partial charge in [0, 0.05) is 12.1 Å². The number of hydrogen-bond acceptors (Lipinski definition) is 8. The third-order valence-electron chi connectivity index (χ3n) is 6.41. The van der Waals surface area contributed by atoms with Crippen LogP contribution in [0.4, 0.5) is 4.39 Å². The molecule has 0 radical (unpaired) electrons. The maximum absolute atomic E-state index is 14.0. The number of halogens is 1. The first-order valence-corrected chi connectivity index (χ1v) is 12.7. The van der Waals surface area contributed by atoms with Crippen molar-refractivity contribution in [1.29, 1.82) is 0 Å². The van der Waals surface area contributed by atoms with Crippen molar-refractivity contribution in [3.8, 4) is 10.8 Å². The molecule has 0 fully saturated rings. The molecular weight excluding hydrogens is 515 g/mol. The fourth-order valence-corrected chi connectivity index (χ4v) is 5.56. The van der Waals surface area contributed by atoms with Crippen molar-refractivity contribution in [2.75, 3.05) is 7.11 Å². The number of methoxy groups -OCH3 is 1. The summed E-state index contributed by atoms with van der Waals surface area (Å²) >= 11 is 1.16. The lowest BCUT2D eigenvalue weighted by molar-refractivity contribution is -0.182. The van der Waals surface area contributed by atoms with E-state index in [4.69, 9.17) is 4.74 Å². The van der Waals surface area contributed by atoms with Crippen LogP contribution in [0.5, 0.6) is 5.75 Å². The molecule has 4 rings (SSSR count). The van der Waals surface area contributed by atoms with E-state index in [1.165, 1.54) is 60.9 Å². The molecule has 0 bridgehead atoms. The summed E-state index contributed by atoms with van der Waals surface area (Å²) in [6.45, 7) is 7.81. The third kappa shape index (κ3) is 4.52. The molecule has 4 aromatic rings. The zero-order valence-electron chi connectivity index (χ0n) is 21.9. The van der Waals surface area contributed by atoms with Gasteiger partial charge in [-0.2, -0.15) is 10.2 Å². The molecule has 3 heterocycles. The van der Waals surface area contributed by atoms with Crippen LogP contribution >= 0.6 is 11.3 Å². The maximum atomic E-state index is 14.0. The number of benzene rings is 1. The Morgan fingerprint density at radius 3 is 2.50 bits per heavy atom. The van der Waals surface area contributed by atoms with Gasteiger partial charge in [-0.15, -0.1) is 4.80 Å². The minimum atomic E-state index is -1.72. The maximum Gasteiger partial charge on any atom is 0.333 e. The Kier molecular flexibility index (Phi) is 7.26. The van der Waals surface area contributed by atoms with Gasteiger partial charge in [-0.3, -0.25) is 19.4 Å². The van der Waals surface area contributed by atoms with Gasteiger partial charge in [0.15, 0.2) is 0 Å². The molecule has 0 atom stereocenters. The van der Waals surface area contributed by atoms with Gasteiger partial charge in [-0.05, 0) is 64.8 Å². The normalized spacial score (nSPS) is 11.9. The number of thiophene rings is 1. The lowest BCUT2D eigenvalue weighted by Crippen LogP contribution is -2.57. The molecule has 0 saturated carbocycles. The van der Waals surface area contributed by atoms with Gasteiger partial charge in [0.1, 0.15) is 26.9 Å². The minimum absolute atomic E-state index is 0.0542. The number of aryl methyl sites for hydroxylation is 3. The Morgan fingerprint density at radius 1 is 1.24 bits per heavy atom. The van der Waals surface area contributed by atoms with Crippen molar-refractivity contribution in [2.45, 2.75) is 59.2 Å². The van der Waals surface area contributed by atoms with Crippen LogP contribution in [0.1, 0.15) is 38.8 Å². The van der Waals surface area contributed by atoms with Gasteiger partial charge in [0.05, 0.1) is 30.9 Å². The van der Waals surface area contributed by atoms with Crippen LogP contribution in [0.15, 0.2) is 40.2 Å². The number of carbonyl (C=O) groups excluding carboxylic acids is 1. The predicted molar refractivity (Wildman–Crippen MR) is 140 cm³/mol. The minimum Gasteiger partial charge on any atom is -0.496 e. The number of hydroxylamine groups is 2. The van der Waals surface area contributed by atoms with E-state index in [9.17, 15) is 24.0 Å². The summed E-state index contributed by atoms with van der Waals surface area (Å²) in [5, 5.41) is 20.0. The predicted octanol–water partition coefficient (Wildman–Crippen LogP) is 2.87. The summed E-state index contributed by atoms with van der Waals surface area (Å²) in [5.41, 5.74) is -2.07. The van der Waals surface area contributed by atoms with Crippen LogP contribution in [-0.4, -0.2) is 53.5 Å². The van der Waals surface area contributed by atoms with Gasteiger partial charge in [-0.25, -0.2) is 18.8 Å². The zero-order chi connectivity index (χ0) is 27.9. The first-order valence-electron chi connectivity index (χ1n) is 11.9. The molecular formula is C25H29FN6O5S. The molecule has 0 aliphatic rings. The molecule has 0 spiro atoms. The molecule has 11 nitrogen and oxygen atoms in total. The van der Waals surface area contributed by atoms with Crippen LogP contribution in [-0.2, 0) is 23.3 Å². The summed E-state index contributed by atoms with van der Waals surface area (Å²) in [6.07, 6.45) is 3.19. The summed E-state index contributed by atoms with van der Waals surface area (Å²) in [7, 11) is 1.47. The number of aromatic nitrogens is 5. The summed E-state index contributed by atoms with van der Waals surface area (Å²) in [4.78, 5) is 42.7. The number of amides is 1. The van der Waals surface area contributed by atoms with Crippen LogP contribution in [0.2, 0.25) is 0 Å². The summed E-state index contributed by atoms with van der Waals surface area (Å²) < 4.78 is 21.6. The van der Waals surface area contributed by atoms with E-state index in [1.807, 2.05) is 0 Å². The highest BCUT2D eigenvalue weighted by Crippen LogP contribution is 2.31. The molecule has 13 heteroatoms. The van der Waals surface area contributed by atoms with E-state index in [0.717, 1.165) is 15.9 Å².